The van der Waals surface area contributed by atoms with E-state index < -0.39 is 0 Å². The minimum absolute atomic E-state index is 0.0115. The van der Waals surface area contributed by atoms with Gasteiger partial charge in [-0.1, -0.05) is 24.3 Å². The first-order valence-electron chi connectivity index (χ1n) is 6.18. The number of fused-ring (bicyclic) bond motifs is 1. The summed E-state index contributed by atoms with van der Waals surface area (Å²) in [6.45, 7) is 2.15. The second-order valence-corrected chi connectivity index (χ2v) is 4.34. The number of nitrogens with one attached hydrogen (secondary N) is 2. The molecule has 0 radical (unpaired) electrons. The first-order chi connectivity index (χ1) is 9.20. The van der Waals surface area contributed by atoms with Crippen LogP contribution in [-0.2, 0) is 4.79 Å². The fraction of sp³-hybridized carbons (Fsp3) is 0.200. The maximum absolute atomic E-state index is 10.8. The van der Waals surface area contributed by atoms with Crippen molar-refractivity contribution in [1.82, 2.24) is 10.3 Å². The van der Waals surface area contributed by atoms with E-state index >= 15 is 0 Å². The molecule has 0 saturated heterocycles. The summed E-state index contributed by atoms with van der Waals surface area (Å²) in [4.78, 5) is 24.6. The number of benzene rings is 1. The van der Waals surface area contributed by atoms with Crippen LogP contribution in [0.4, 0.5) is 0 Å². The predicted molar refractivity (Wildman–Crippen MR) is 76.0 cm³/mol. The highest BCUT2D eigenvalue weighted by Gasteiger charge is 2.01. The highest BCUT2D eigenvalue weighted by Crippen LogP contribution is 2.19. The lowest BCUT2D eigenvalue weighted by Crippen LogP contribution is -2.20. The molecular weight excluding hydrogens is 240 g/mol. The summed E-state index contributed by atoms with van der Waals surface area (Å²) >= 11 is 0. The van der Waals surface area contributed by atoms with Crippen molar-refractivity contribution in [3.63, 3.8) is 0 Å². The standard InChI is InChI=1S/C15H16N2O2/c1-11(19)16-7-3-2-4-12-5-6-14-13(10-18)9-17-15(14)8-12/h2,4-6,8-10,17H,3,7H2,1H3,(H,16,19). The van der Waals surface area contributed by atoms with Crippen LogP contribution in [0.25, 0.3) is 17.0 Å². The van der Waals surface area contributed by atoms with Crippen molar-refractivity contribution in [2.24, 2.45) is 0 Å². The maximum atomic E-state index is 10.8. The van der Waals surface area contributed by atoms with Crippen LogP contribution in [0.5, 0.6) is 0 Å². The Hall–Kier alpha value is -2.36. The van der Waals surface area contributed by atoms with Crippen molar-refractivity contribution >= 4 is 29.2 Å². The molecular formula is C15H16N2O2. The van der Waals surface area contributed by atoms with Crippen molar-refractivity contribution in [3.05, 3.63) is 41.6 Å². The van der Waals surface area contributed by atoms with E-state index in [1.165, 1.54) is 6.92 Å². The molecule has 2 N–H and O–H groups in total. The van der Waals surface area contributed by atoms with Crippen LogP contribution < -0.4 is 5.32 Å². The monoisotopic (exact) mass is 256 g/mol. The van der Waals surface area contributed by atoms with Gasteiger partial charge in [-0.05, 0) is 18.1 Å². The third-order valence-corrected chi connectivity index (χ3v) is 2.86. The lowest BCUT2D eigenvalue weighted by Gasteiger charge is -1.98. The van der Waals surface area contributed by atoms with E-state index in [0.717, 1.165) is 29.2 Å². The first kappa shape index (κ1) is 13.1. The Balaban J connectivity index is 2.03. The molecule has 2 rings (SSSR count). The quantitative estimate of drug-likeness (QED) is 0.638. The molecule has 4 heteroatoms. The van der Waals surface area contributed by atoms with Gasteiger partial charge in [0.2, 0.25) is 5.91 Å². The third-order valence-electron chi connectivity index (χ3n) is 2.86. The van der Waals surface area contributed by atoms with Gasteiger partial charge in [0, 0.05) is 36.1 Å². The molecule has 4 nitrogen and oxygen atoms in total. The highest BCUT2D eigenvalue weighted by molar-refractivity contribution is 5.97. The van der Waals surface area contributed by atoms with Crippen LogP contribution in [0.1, 0.15) is 29.3 Å². The second kappa shape index (κ2) is 6.00. The molecule has 1 amide bonds. The molecule has 0 aliphatic carbocycles. The van der Waals surface area contributed by atoms with E-state index in [0.29, 0.717) is 12.1 Å². The number of hydrogen-bond acceptors (Lipinski definition) is 2. The molecule has 0 unspecified atom stereocenters. The van der Waals surface area contributed by atoms with Crippen LogP contribution in [0.15, 0.2) is 30.5 Å². The van der Waals surface area contributed by atoms with Crippen LogP contribution in [0, 0.1) is 0 Å². The average Bonchev–Trinajstić information content (AvgIpc) is 2.80. The van der Waals surface area contributed by atoms with Crippen molar-refractivity contribution in [2.75, 3.05) is 6.54 Å². The average molecular weight is 256 g/mol. The summed E-state index contributed by atoms with van der Waals surface area (Å²) < 4.78 is 0. The Morgan fingerprint density at radius 3 is 3.00 bits per heavy atom. The fourth-order valence-electron chi connectivity index (χ4n) is 1.92. The van der Waals surface area contributed by atoms with E-state index in [1.807, 2.05) is 30.4 Å². The zero-order chi connectivity index (χ0) is 13.7. The molecule has 1 heterocycles. The number of H-pyrrole nitrogens is 1. The van der Waals surface area contributed by atoms with E-state index in [9.17, 15) is 9.59 Å². The number of amides is 1. The molecule has 1 aromatic heterocycles. The van der Waals surface area contributed by atoms with E-state index in [2.05, 4.69) is 10.3 Å². The molecule has 0 atom stereocenters. The van der Waals surface area contributed by atoms with E-state index in [4.69, 9.17) is 0 Å². The lowest BCUT2D eigenvalue weighted by molar-refractivity contribution is -0.118. The topological polar surface area (TPSA) is 62.0 Å². The summed E-state index contributed by atoms with van der Waals surface area (Å²) in [6, 6.07) is 5.90. The summed E-state index contributed by atoms with van der Waals surface area (Å²) in [5, 5.41) is 3.67. The Bertz CT molecular complexity index is 626. The zero-order valence-electron chi connectivity index (χ0n) is 10.8. The van der Waals surface area contributed by atoms with Gasteiger partial charge >= 0.3 is 0 Å². The van der Waals surface area contributed by atoms with Crippen LogP contribution in [0.3, 0.4) is 0 Å². The van der Waals surface area contributed by atoms with Gasteiger partial charge in [-0.2, -0.15) is 0 Å². The Morgan fingerprint density at radius 2 is 2.26 bits per heavy atom. The molecule has 19 heavy (non-hydrogen) atoms. The predicted octanol–water partition coefficient (Wildman–Crippen LogP) is 2.52. The summed E-state index contributed by atoms with van der Waals surface area (Å²) in [6.07, 6.45) is 7.37. The van der Waals surface area contributed by atoms with Gasteiger partial charge in [0.05, 0.1) is 0 Å². The van der Waals surface area contributed by atoms with Crippen molar-refractivity contribution in [3.8, 4) is 0 Å². The van der Waals surface area contributed by atoms with Crippen molar-refractivity contribution < 1.29 is 9.59 Å². The third kappa shape index (κ3) is 3.31. The summed E-state index contributed by atoms with van der Waals surface area (Å²) in [5.41, 5.74) is 2.69. The van der Waals surface area contributed by atoms with Gasteiger partial charge in [0.15, 0.2) is 6.29 Å². The molecule has 0 aliphatic heterocycles. The molecule has 1 aromatic carbocycles. The normalized spacial score (nSPS) is 11.0. The van der Waals surface area contributed by atoms with Crippen molar-refractivity contribution in [2.45, 2.75) is 13.3 Å². The molecule has 0 fully saturated rings. The number of aromatic amines is 1. The van der Waals surface area contributed by atoms with Crippen LogP contribution >= 0.6 is 0 Å². The molecule has 98 valence electrons. The minimum Gasteiger partial charge on any atom is -0.360 e. The molecule has 0 saturated carbocycles. The number of hydrogen-bond donors (Lipinski definition) is 2. The second-order valence-electron chi connectivity index (χ2n) is 4.34. The number of aromatic nitrogens is 1. The number of rotatable bonds is 5. The minimum atomic E-state index is -0.0115. The Kier molecular flexibility index (Phi) is 4.13. The summed E-state index contributed by atoms with van der Waals surface area (Å²) in [5.74, 6) is -0.0115. The number of carbonyl (C=O) groups excluding carboxylic acids is 2. The van der Waals surface area contributed by atoms with Gasteiger partial charge in [-0.15, -0.1) is 0 Å². The summed E-state index contributed by atoms with van der Waals surface area (Å²) in [7, 11) is 0. The van der Waals surface area contributed by atoms with Gasteiger partial charge in [0.25, 0.3) is 0 Å². The molecule has 0 aliphatic rings. The van der Waals surface area contributed by atoms with E-state index in [1.54, 1.807) is 6.20 Å². The van der Waals surface area contributed by atoms with Gasteiger partial charge in [-0.3, -0.25) is 9.59 Å². The van der Waals surface area contributed by atoms with Gasteiger partial charge < -0.3 is 10.3 Å². The van der Waals surface area contributed by atoms with Crippen LogP contribution in [-0.4, -0.2) is 23.7 Å². The largest absolute Gasteiger partial charge is 0.360 e. The fourth-order valence-corrected chi connectivity index (χ4v) is 1.92. The molecule has 2 aromatic rings. The first-order valence-corrected chi connectivity index (χ1v) is 6.18. The Labute approximate surface area is 111 Å². The number of carbonyl (C=O) groups is 2. The van der Waals surface area contributed by atoms with Gasteiger partial charge in [-0.25, -0.2) is 0 Å². The molecule has 0 bridgehead atoms. The van der Waals surface area contributed by atoms with Crippen LogP contribution in [0.2, 0.25) is 0 Å². The van der Waals surface area contributed by atoms with E-state index in [-0.39, 0.29) is 5.91 Å². The lowest BCUT2D eigenvalue weighted by atomic mass is 10.1. The smallest absolute Gasteiger partial charge is 0.216 e. The SMILES string of the molecule is CC(=O)NCCC=Cc1ccc2c(C=O)c[nH]c2c1. The van der Waals surface area contributed by atoms with Gasteiger partial charge in [0.1, 0.15) is 0 Å². The maximum Gasteiger partial charge on any atom is 0.216 e. The number of aldehydes is 1. The molecule has 0 spiro atoms. The highest BCUT2D eigenvalue weighted by atomic mass is 16.1. The Morgan fingerprint density at radius 1 is 1.42 bits per heavy atom. The zero-order valence-corrected chi connectivity index (χ0v) is 10.8. The van der Waals surface area contributed by atoms with Crippen molar-refractivity contribution in [1.29, 1.82) is 0 Å².